The maximum absolute atomic E-state index is 12.0. The quantitative estimate of drug-likeness (QED) is 0.655. The Morgan fingerprint density at radius 2 is 1.76 bits per heavy atom. The van der Waals surface area contributed by atoms with E-state index in [1.807, 2.05) is 7.05 Å². The highest BCUT2D eigenvalue weighted by Gasteiger charge is 2.24. The first-order chi connectivity index (χ1) is 8.06. The van der Waals surface area contributed by atoms with Crippen LogP contribution in [0, 0.1) is 0 Å². The predicted molar refractivity (Wildman–Crippen MR) is 70.6 cm³/mol. The third-order valence-electron chi connectivity index (χ3n) is 3.04. The molecule has 1 aliphatic rings. The molecule has 0 bridgehead atoms. The molecular formula is C11H25N3O2S. The molecule has 1 fully saturated rings. The SMILES string of the molecule is CCCNCCCS(=O)(=O)N1CCN(C)CC1. The minimum Gasteiger partial charge on any atom is -0.317 e. The number of nitrogens with zero attached hydrogens (tertiary/aromatic N) is 2. The highest BCUT2D eigenvalue weighted by Crippen LogP contribution is 2.07. The van der Waals surface area contributed by atoms with Gasteiger partial charge in [0.1, 0.15) is 0 Å². The summed E-state index contributed by atoms with van der Waals surface area (Å²) in [5.41, 5.74) is 0. The molecule has 0 radical (unpaired) electrons. The van der Waals surface area contributed by atoms with Crippen LogP contribution < -0.4 is 5.32 Å². The molecule has 0 aliphatic carbocycles. The van der Waals surface area contributed by atoms with Gasteiger partial charge < -0.3 is 10.2 Å². The van der Waals surface area contributed by atoms with Crippen LogP contribution in [0.5, 0.6) is 0 Å². The average molecular weight is 263 g/mol. The Kier molecular flexibility index (Phi) is 6.40. The van der Waals surface area contributed by atoms with Gasteiger partial charge in [0, 0.05) is 26.2 Å². The molecule has 5 nitrogen and oxygen atoms in total. The predicted octanol–water partition coefficient (Wildman–Crippen LogP) is -0.0467. The van der Waals surface area contributed by atoms with Gasteiger partial charge in [-0.2, -0.15) is 4.31 Å². The Labute approximate surface area is 105 Å². The first kappa shape index (κ1) is 14.9. The molecule has 1 rings (SSSR count). The summed E-state index contributed by atoms with van der Waals surface area (Å²) in [5, 5.41) is 3.23. The Morgan fingerprint density at radius 3 is 2.35 bits per heavy atom. The lowest BCUT2D eigenvalue weighted by molar-refractivity contribution is 0.222. The molecule has 0 amide bonds. The number of hydrogen-bond acceptors (Lipinski definition) is 4. The van der Waals surface area contributed by atoms with Crippen molar-refractivity contribution in [3.63, 3.8) is 0 Å². The fourth-order valence-electron chi connectivity index (χ4n) is 1.88. The third kappa shape index (κ3) is 5.33. The van der Waals surface area contributed by atoms with Crippen molar-refractivity contribution in [2.45, 2.75) is 19.8 Å². The van der Waals surface area contributed by atoms with Crippen LogP contribution in [0.25, 0.3) is 0 Å². The third-order valence-corrected chi connectivity index (χ3v) is 4.99. The molecule has 0 saturated carbocycles. The maximum atomic E-state index is 12.0. The van der Waals surface area contributed by atoms with Crippen LogP contribution in [0.1, 0.15) is 19.8 Å². The fourth-order valence-corrected chi connectivity index (χ4v) is 3.36. The zero-order valence-electron chi connectivity index (χ0n) is 11.0. The molecule has 0 spiro atoms. The van der Waals surface area contributed by atoms with Crippen LogP contribution >= 0.6 is 0 Å². The van der Waals surface area contributed by atoms with Crippen molar-refractivity contribution < 1.29 is 8.42 Å². The van der Waals surface area contributed by atoms with Crippen molar-refractivity contribution in [1.29, 1.82) is 0 Å². The summed E-state index contributed by atoms with van der Waals surface area (Å²) in [5.74, 6) is 0.271. The molecule has 6 heteroatoms. The van der Waals surface area contributed by atoms with Crippen molar-refractivity contribution in [3.8, 4) is 0 Å². The minimum atomic E-state index is -3.03. The van der Waals surface area contributed by atoms with Gasteiger partial charge in [0.2, 0.25) is 10.0 Å². The monoisotopic (exact) mass is 263 g/mol. The molecule has 102 valence electrons. The summed E-state index contributed by atoms with van der Waals surface area (Å²) in [6.07, 6.45) is 1.79. The molecule has 0 unspecified atom stereocenters. The van der Waals surface area contributed by atoms with E-state index in [1.54, 1.807) is 4.31 Å². The van der Waals surface area contributed by atoms with E-state index < -0.39 is 10.0 Å². The minimum absolute atomic E-state index is 0.271. The van der Waals surface area contributed by atoms with E-state index in [0.29, 0.717) is 19.5 Å². The van der Waals surface area contributed by atoms with Gasteiger partial charge >= 0.3 is 0 Å². The summed E-state index contributed by atoms with van der Waals surface area (Å²) in [4.78, 5) is 2.16. The van der Waals surface area contributed by atoms with Gasteiger partial charge in [0.05, 0.1) is 5.75 Å². The zero-order chi connectivity index (χ0) is 12.7. The number of rotatable bonds is 7. The molecule has 0 aromatic rings. The summed E-state index contributed by atoms with van der Waals surface area (Å²) in [6.45, 7) is 6.83. The van der Waals surface area contributed by atoms with Gasteiger partial charge in [-0.15, -0.1) is 0 Å². The van der Waals surface area contributed by atoms with Gasteiger partial charge in [-0.3, -0.25) is 0 Å². The van der Waals surface area contributed by atoms with E-state index in [9.17, 15) is 8.42 Å². The smallest absolute Gasteiger partial charge is 0.214 e. The van der Waals surface area contributed by atoms with E-state index in [0.717, 1.165) is 32.6 Å². The first-order valence-corrected chi connectivity index (χ1v) is 8.04. The lowest BCUT2D eigenvalue weighted by Crippen LogP contribution is -2.47. The molecule has 0 atom stereocenters. The molecule has 1 heterocycles. The molecule has 0 aromatic carbocycles. The van der Waals surface area contributed by atoms with Crippen molar-refractivity contribution in [2.24, 2.45) is 0 Å². The first-order valence-electron chi connectivity index (χ1n) is 6.43. The van der Waals surface area contributed by atoms with Crippen LogP contribution in [0.3, 0.4) is 0 Å². The van der Waals surface area contributed by atoms with E-state index in [2.05, 4.69) is 17.1 Å². The second-order valence-electron chi connectivity index (χ2n) is 4.62. The second kappa shape index (κ2) is 7.31. The summed E-state index contributed by atoms with van der Waals surface area (Å²) >= 11 is 0. The second-order valence-corrected chi connectivity index (χ2v) is 6.71. The van der Waals surface area contributed by atoms with Gasteiger partial charge in [-0.25, -0.2) is 8.42 Å². The summed E-state index contributed by atoms with van der Waals surface area (Å²) in [7, 11) is -1.00. The van der Waals surface area contributed by atoms with Crippen LogP contribution in [-0.2, 0) is 10.0 Å². The van der Waals surface area contributed by atoms with Crippen molar-refractivity contribution in [2.75, 3.05) is 52.1 Å². The molecule has 17 heavy (non-hydrogen) atoms. The number of piperazine rings is 1. The molecule has 1 saturated heterocycles. The van der Waals surface area contributed by atoms with E-state index in [4.69, 9.17) is 0 Å². The van der Waals surface area contributed by atoms with Crippen molar-refractivity contribution >= 4 is 10.0 Å². The van der Waals surface area contributed by atoms with Crippen LogP contribution in [0.15, 0.2) is 0 Å². The summed E-state index contributed by atoms with van der Waals surface area (Å²) < 4.78 is 25.6. The number of nitrogens with one attached hydrogen (secondary N) is 1. The highest BCUT2D eigenvalue weighted by molar-refractivity contribution is 7.89. The highest BCUT2D eigenvalue weighted by atomic mass is 32.2. The lowest BCUT2D eigenvalue weighted by atomic mass is 10.4. The normalized spacial score (nSPS) is 19.6. The number of sulfonamides is 1. The van der Waals surface area contributed by atoms with Crippen LogP contribution in [0.4, 0.5) is 0 Å². The standard InChI is InChI=1S/C11H25N3O2S/c1-3-5-12-6-4-11-17(15,16)14-9-7-13(2)8-10-14/h12H,3-11H2,1-2H3. The molecule has 1 N–H and O–H groups in total. The van der Waals surface area contributed by atoms with E-state index >= 15 is 0 Å². The van der Waals surface area contributed by atoms with Gasteiger partial charge in [0.15, 0.2) is 0 Å². The average Bonchev–Trinajstić information content (AvgIpc) is 2.29. The van der Waals surface area contributed by atoms with E-state index in [-0.39, 0.29) is 5.75 Å². The van der Waals surface area contributed by atoms with Gasteiger partial charge in [0.25, 0.3) is 0 Å². The lowest BCUT2D eigenvalue weighted by Gasteiger charge is -2.31. The van der Waals surface area contributed by atoms with Crippen LogP contribution in [0.2, 0.25) is 0 Å². The topological polar surface area (TPSA) is 52.7 Å². The van der Waals surface area contributed by atoms with E-state index in [1.165, 1.54) is 0 Å². The Morgan fingerprint density at radius 1 is 1.12 bits per heavy atom. The molecule has 1 aliphatic heterocycles. The summed E-state index contributed by atoms with van der Waals surface area (Å²) in [6, 6.07) is 0. The Balaban J connectivity index is 2.25. The van der Waals surface area contributed by atoms with Gasteiger partial charge in [-0.05, 0) is 33.0 Å². The Bertz CT molecular complexity index is 298. The Hall–Kier alpha value is -0.170. The van der Waals surface area contributed by atoms with Crippen LogP contribution in [-0.4, -0.2) is 69.7 Å². The van der Waals surface area contributed by atoms with Crippen molar-refractivity contribution in [1.82, 2.24) is 14.5 Å². The maximum Gasteiger partial charge on any atom is 0.214 e. The van der Waals surface area contributed by atoms with Gasteiger partial charge in [-0.1, -0.05) is 6.92 Å². The van der Waals surface area contributed by atoms with Crippen molar-refractivity contribution in [3.05, 3.63) is 0 Å². The largest absolute Gasteiger partial charge is 0.317 e. The zero-order valence-corrected chi connectivity index (χ0v) is 11.8. The fraction of sp³-hybridized carbons (Fsp3) is 1.00. The molecule has 0 aromatic heterocycles. The number of likely N-dealkylation sites (N-methyl/N-ethyl adjacent to an activating group) is 1. The number of hydrogen-bond donors (Lipinski definition) is 1. The molecular weight excluding hydrogens is 238 g/mol.